The fourth-order valence-corrected chi connectivity index (χ4v) is 1.87. The SMILES string of the molecule is CC(CNc1nccn2nc(C(F)(F)F)cc12)S(C)=O. The van der Waals surface area contributed by atoms with Gasteiger partial charge in [0.1, 0.15) is 5.52 Å². The average Bonchev–Trinajstić information content (AvgIpc) is 2.79. The Kier molecular flexibility index (Phi) is 3.98. The highest BCUT2D eigenvalue weighted by molar-refractivity contribution is 7.84. The molecule has 0 saturated heterocycles. The Bertz CT molecular complexity index is 640. The Morgan fingerprint density at radius 3 is 2.80 bits per heavy atom. The summed E-state index contributed by atoms with van der Waals surface area (Å²) in [7, 11) is -1.02. The van der Waals surface area contributed by atoms with Crippen LogP contribution in [0.1, 0.15) is 12.6 Å². The van der Waals surface area contributed by atoms with E-state index in [2.05, 4.69) is 15.4 Å². The molecule has 2 heterocycles. The predicted octanol–water partition coefficient (Wildman–Crippen LogP) is 1.93. The summed E-state index contributed by atoms with van der Waals surface area (Å²) in [5, 5.41) is 6.22. The predicted molar refractivity (Wildman–Crippen MR) is 70.0 cm³/mol. The molecule has 0 fully saturated rings. The van der Waals surface area contributed by atoms with Crippen molar-refractivity contribution in [2.45, 2.75) is 18.3 Å². The van der Waals surface area contributed by atoms with Crippen LogP contribution < -0.4 is 5.32 Å². The van der Waals surface area contributed by atoms with Gasteiger partial charge >= 0.3 is 6.18 Å². The van der Waals surface area contributed by atoms with Crippen LogP contribution >= 0.6 is 0 Å². The van der Waals surface area contributed by atoms with Gasteiger partial charge in [0, 0.05) is 47.3 Å². The van der Waals surface area contributed by atoms with Crippen LogP contribution in [-0.2, 0) is 17.0 Å². The number of halogens is 3. The van der Waals surface area contributed by atoms with Gasteiger partial charge in [0.05, 0.1) is 0 Å². The Morgan fingerprint density at radius 1 is 1.50 bits per heavy atom. The lowest BCUT2D eigenvalue weighted by Gasteiger charge is -2.10. The van der Waals surface area contributed by atoms with Crippen molar-refractivity contribution in [1.82, 2.24) is 14.6 Å². The summed E-state index contributed by atoms with van der Waals surface area (Å²) in [6, 6.07) is 0.933. The molecule has 0 aliphatic heterocycles. The molecule has 20 heavy (non-hydrogen) atoms. The smallest absolute Gasteiger partial charge is 0.367 e. The number of nitrogens with one attached hydrogen (secondary N) is 1. The summed E-state index contributed by atoms with van der Waals surface area (Å²) in [4.78, 5) is 4.00. The van der Waals surface area contributed by atoms with Gasteiger partial charge in [-0.25, -0.2) is 9.50 Å². The van der Waals surface area contributed by atoms with E-state index >= 15 is 0 Å². The molecule has 0 aromatic carbocycles. The van der Waals surface area contributed by atoms with E-state index in [0.717, 1.165) is 10.6 Å². The maximum Gasteiger partial charge on any atom is 0.435 e. The van der Waals surface area contributed by atoms with Crippen LogP contribution in [-0.4, -0.2) is 36.9 Å². The molecular formula is C11H13F3N4OS. The summed E-state index contributed by atoms with van der Waals surface area (Å²) in [6.07, 6.45) is -0.227. The first-order valence-corrected chi connectivity index (χ1v) is 7.39. The molecule has 110 valence electrons. The Morgan fingerprint density at radius 2 is 2.20 bits per heavy atom. The minimum Gasteiger partial charge on any atom is -0.367 e. The van der Waals surface area contributed by atoms with Crippen molar-refractivity contribution >= 4 is 22.1 Å². The second-order valence-corrected chi connectivity index (χ2v) is 6.13. The van der Waals surface area contributed by atoms with E-state index in [9.17, 15) is 17.4 Å². The van der Waals surface area contributed by atoms with E-state index in [1.807, 2.05) is 0 Å². The summed E-state index contributed by atoms with van der Waals surface area (Å²) < 4.78 is 50.2. The van der Waals surface area contributed by atoms with Gasteiger partial charge in [0.2, 0.25) is 0 Å². The van der Waals surface area contributed by atoms with E-state index in [0.29, 0.717) is 6.54 Å². The third-order valence-electron chi connectivity index (χ3n) is 2.80. The van der Waals surface area contributed by atoms with Crippen LogP contribution in [0.3, 0.4) is 0 Å². The monoisotopic (exact) mass is 306 g/mol. The molecule has 0 aliphatic rings. The molecule has 1 N–H and O–H groups in total. The number of nitrogens with zero attached hydrogens (tertiary/aromatic N) is 3. The van der Waals surface area contributed by atoms with Crippen molar-refractivity contribution < 1.29 is 17.4 Å². The molecule has 2 rings (SSSR count). The second kappa shape index (κ2) is 5.39. The van der Waals surface area contributed by atoms with Crippen LogP contribution in [0.25, 0.3) is 5.52 Å². The lowest BCUT2D eigenvalue weighted by molar-refractivity contribution is -0.141. The van der Waals surface area contributed by atoms with Crippen LogP contribution in [0.2, 0.25) is 0 Å². The van der Waals surface area contributed by atoms with Gasteiger partial charge in [0.15, 0.2) is 11.5 Å². The number of aromatic nitrogens is 3. The van der Waals surface area contributed by atoms with E-state index in [-0.39, 0.29) is 16.6 Å². The maximum atomic E-state index is 12.6. The van der Waals surface area contributed by atoms with Crippen LogP contribution in [0, 0.1) is 0 Å². The zero-order chi connectivity index (χ0) is 14.9. The molecule has 0 spiro atoms. The summed E-state index contributed by atoms with van der Waals surface area (Å²) >= 11 is 0. The standard InChI is InChI=1S/C11H13F3N4OS/c1-7(20(2)19)6-16-10-8-5-9(11(12,13)14)17-18(8)4-3-15-10/h3-5,7H,6H2,1-2H3,(H,15,16). The molecular weight excluding hydrogens is 293 g/mol. The number of rotatable bonds is 4. The van der Waals surface area contributed by atoms with Crippen molar-refractivity contribution in [2.75, 3.05) is 18.1 Å². The minimum atomic E-state index is -4.50. The zero-order valence-electron chi connectivity index (χ0n) is 10.8. The fourth-order valence-electron chi connectivity index (χ4n) is 1.55. The molecule has 5 nitrogen and oxygen atoms in total. The molecule has 0 amide bonds. The third kappa shape index (κ3) is 3.09. The molecule has 0 saturated carbocycles. The molecule has 9 heteroatoms. The van der Waals surface area contributed by atoms with Gasteiger partial charge in [0.25, 0.3) is 0 Å². The number of hydrogen-bond donors (Lipinski definition) is 1. The highest BCUT2D eigenvalue weighted by Gasteiger charge is 2.34. The Balaban J connectivity index is 2.30. The lowest BCUT2D eigenvalue weighted by atomic mass is 10.3. The topological polar surface area (TPSA) is 59.3 Å². The normalized spacial score (nSPS) is 15.2. The van der Waals surface area contributed by atoms with Crippen molar-refractivity contribution in [3.8, 4) is 0 Å². The maximum absolute atomic E-state index is 12.6. The van der Waals surface area contributed by atoms with Crippen molar-refractivity contribution in [2.24, 2.45) is 0 Å². The van der Waals surface area contributed by atoms with Gasteiger partial charge < -0.3 is 5.32 Å². The van der Waals surface area contributed by atoms with Crippen molar-refractivity contribution in [3.05, 3.63) is 24.2 Å². The van der Waals surface area contributed by atoms with Gasteiger partial charge in [-0.15, -0.1) is 0 Å². The number of alkyl halides is 3. The summed E-state index contributed by atoms with van der Waals surface area (Å²) in [6.45, 7) is 2.13. The van der Waals surface area contributed by atoms with Crippen LogP contribution in [0.5, 0.6) is 0 Å². The Hall–Kier alpha value is -1.64. The molecule has 2 atom stereocenters. The average molecular weight is 306 g/mol. The molecule has 2 aromatic heterocycles. The van der Waals surface area contributed by atoms with Crippen molar-refractivity contribution in [1.29, 1.82) is 0 Å². The van der Waals surface area contributed by atoms with Gasteiger partial charge in [-0.1, -0.05) is 0 Å². The molecule has 0 aliphatic carbocycles. The van der Waals surface area contributed by atoms with Gasteiger partial charge in [-0.05, 0) is 6.92 Å². The molecule has 2 unspecified atom stereocenters. The molecule has 0 radical (unpaired) electrons. The number of hydrogen-bond acceptors (Lipinski definition) is 4. The number of fused-ring (bicyclic) bond motifs is 1. The van der Waals surface area contributed by atoms with E-state index in [1.165, 1.54) is 12.4 Å². The number of anilines is 1. The Labute approximate surface area is 115 Å². The van der Waals surface area contributed by atoms with Crippen LogP contribution in [0.4, 0.5) is 19.0 Å². The van der Waals surface area contributed by atoms with Crippen LogP contribution in [0.15, 0.2) is 18.5 Å². The van der Waals surface area contributed by atoms with Gasteiger partial charge in [-0.3, -0.25) is 4.21 Å². The largest absolute Gasteiger partial charge is 0.435 e. The quantitative estimate of drug-likeness (QED) is 0.937. The van der Waals surface area contributed by atoms with E-state index in [4.69, 9.17) is 0 Å². The first-order chi connectivity index (χ1) is 9.29. The second-order valence-electron chi connectivity index (χ2n) is 4.32. The van der Waals surface area contributed by atoms with E-state index < -0.39 is 22.7 Å². The van der Waals surface area contributed by atoms with Crippen molar-refractivity contribution in [3.63, 3.8) is 0 Å². The summed E-state index contributed by atoms with van der Waals surface area (Å²) in [5.41, 5.74) is -0.741. The fraction of sp³-hybridized carbons (Fsp3) is 0.455. The lowest BCUT2D eigenvalue weighted by Crippen LogP contribution is -2.21. The van der Waals surface area contributed by atoms with Gasteiger partial charge in [-0.2, -0.15) is 18.3 Å². The summed E-state index contributed by atoms with van der Waals surface area (Å²) in [5.74, 6) is 0.285. The molecule has 2 aromatic rings. The zero-order valence-corrected chi connectivity index (χ0v) is 11.6. The highest BCUT2D eigenvalue weighted by atomic mass is 32.2. The molecule has 0 bridgehead atoms. The minimum absolute atomic E-state index is 0.137. The highest BCUT2D eigenvalue weighted by Crippen LogP contribution is 2.29. The first-order valence-electron chi connectivity index (χ1n) is 5.76. The van der Waals surface area contributed by atoms with E-state index in [1.54, 1.807) is 13.2 Å². The first kappa shape index (κ1) is 14.8. The third-order valence-corrected chi connectivity index (χ3v) is 4.10.